The molecule has 0 amide bonds. The summed E-state index contributed by atoms with van der Waals surface area (Å²) in [4.78, 5) is 31.4. The summed E-state index contributed by atoms with van der Waals surface area (Å²) in [6.45, 7) is 4.15. The van der Waals surface area contributed by atoms with Crippen molar-refractivity contribution in [3.63, 3.8) is 0 Å². The van der Waals surface area contributed by atoms with Gasteiger partial charge in [-0.3, -0.25) is 9.59 Å². The number of carbonyl (C=O) groups is 1. The predicted octanol–water partition coefficient (Wildman–Crippen LogP) is 3.33. The number of aryl methyl sites for hydroxylation is 1. The number of nitrogens with one attached hydrogen (secondary N) is 1. The maximum absolute atomic E-state index is 15.0. The van der Waals surface area contributed by atoms with Crippen LogP contribution in [0.15, 0.2) is 16.9 Å². The first kappa shape index (κ1) is 24.1. The Hall–Kier alpha value is -2.94. The molecule has 0 spiro atoms. The van der Waals surface area contributed by atoms with Gasteiger partial charge in [-0.15, -0.1) is 0 Å². The van der Waals surface area contributed by atoms with Crippen LogP contribution in [0.5, 0.6) is 0 Å². The molecule has 0 unspecified atom stereocenters. The monoisotopic (exact) mass is 517 g/mol. The van der Waals surface area contributed by atoms with Gasteiger partial charge in [0.15, 0.2) is 5.78 Å². The number of aliphatic hydroxyl groups excluding tert-OH is 1. The second-order valence-corrected chi connectivity index (χ2v) is 11.6. The van der Waals surface area contributed by atoms with Crippen LogP contribution in [0.4, 0.5) is 4.39 Å². The van der Waals surface area contributed by atoms with Gasteiger partial charge >= 0.3 is 0 Å². The minimum Gasteiger partial charge on any atom is -0.396 e. The van der Waals surface area contributed by atoms with E-state index in [1.54, 1.807) is 17.6 Å². The van der Waals surface area contributed by atoms with Gasteiger partial charge in [-0.25, -0.2) is 9.37 Å². The molecule has 3 heterocycles. The molecule has 1 aromatic carbocycles. The molecule has 4 aliphatic rings. The van der Waals surface area contributed by atoms with Crippen molar-refractivity contribution in [3.8, 4) is 11.4 Å². The van der Waals surface area contributed by atoms with Crippen LogP contribution in [-0.2, 0) is 29.8 Å². The molecule has 2 atom stereocenters. The van der Waals surface area contributed by atoms with Crippen molar-refractivity contribution in [3.05, 3.63) is 61.7 Å². The first-order chi connectivity index (χ1) is 18.2. The Morgan fingerprint density at radius 2 is 1.95 bits per heavy atom. The summed E-state index contributed by atoms with van der Waals surface area (Å²) in [5.41, 5.74) is 4.52. The van der Waals surface area contributed by atoms with E-state index in [9.17, 15) is 19.8 Å². The number of hydrogen-bond acceptors (Lipinski definition) is 6. The fourth-order valence-electron chi connectivity index (χ4n) is 7.41. The molecule has 7 rings (SSSR count). The number of halogens is 1. The number of Topliss-reactive ketones (excluding diaryl/α,β-unsaturated/α-hetero) is 1. The number of aromatic nitrogens is 2. The lowest BCUT2D eigenvalue weighted by Gasteiger charge is -2.39. The van der Waals surface area contributed by atoms with E-state index in [4.69, 9.17) is 4.98 Å². The number of hydrogen-bond donors (Lipinski definition) is 3. The van der Waals surface area contributed by atoms with E-state index in [1.807, 2.05) is 6.92 Å². The van der Waals surface area contributed by atoms with Crippen LogP contribution in [-0.4, -0.2) is 38.2 Å². The predicted molar refractivity (Wildman–Crippen MR) is 141 cm³/mol. The van der Waals surface area contributed by atoms with Gasteiger partial charge in [0.2, 0.25) is 0 Å². The highest BCUT2D eigenvalue weighted by atomic mass is 19.1. The Labute approximate surface area is 219 Å². The van der Waals surface area contributed by atoms with Crippen LogP contribution in [0.3, 0.4) is 0 Å². The number of aliphatic hydroxyl groups is 2. The summed E-state index contributed by atoms with van der Waals surface area (Å²) in [6, 6.07) is 3.62. The quantitative estimate of drug-likeness (QED) is 0.384. The van der Waals surface area contributed by atoms with Gasteiger partial charge in [0, 0.05) is 53.3 Å². The normalized spacial score (nSPS) is 27.2. The number of fused-ring (bicyclic) bond motifs is 5. The molecule has 38 heavy (non-hydrogen) atoms. The summed E-state index contributed by atoms with van der Waals surface area (Å²) in [6.07, 6.45) is 4.07. The van der Waals surface area contributed by atoms with Crippen molar-refractivity contribution in [1.29, 1.82) is 0 Å². The SMILES string of the molecule is CC[C@@]1(O)C(=O)CCc2c1cc1n(c2=O)Cc2c-1nc1cc(F)c(C)c3c1c2[C@@H](NC1CC(CO)C1)CC3. The van der Waals surface area contributed by atoms with Crippen molar-refractivity contribution in [2.75, 3.05) is 6.61 Å². The topological polar surface area (TPSA) is 104 Å². The van der Waals surface area contributed by atoms with Crippen LogP contribution in [0.2, 0.25) is 0 Å². The summed E-state index contributed by atoms with van der Waals surface area (Å²) in [7, 11) is 0. The average Bonchev–Trinajstić information content (AvgIpc) is 3.26. The Kier molecular flexibility index (Phi) is 5.26. The molecule has 0 bridgehead atoms. The van der Waals surface area contributed by atoms with Crippen molar-refractivity contribution >= 4 is 16.7 Å². The van der Waals surface area contributed by atoms with Crippen molar-refractivity contribution < 1.29 is 19.4 Å². The number of carbonyl (C=O) groups excluding carboxylic acids is 1. The second kappa shape index (κ2) is 8.28. The van der Waals surface area contributed by atoms with Crippen molar-refractivity contribution in [2.24, 2.45) is 5.92 Å². The lowest BCUT2D eigenvalue weighted by atomic mass is 9.76. The van der Waals surface area contributed by atoms with Gasteiger partial charge in [-0.1, -0.05) is 6.92 Å². The van der Waals surface area contributed by atoms with Crippen molar-refractivity contribution in [2.45, 2.75) is 83.0 Å². The van der Waals surface area contributed by atoms with Crippen LogP contribution in [0.25, 0.3) is 22.3 Å². The zero-order chi connectivity index (χ0) is 26.5. The molecule has 7 nitrogen and oxygen atoms in total. The van der Waals surface area contributed by atoms with Gasteiger partial charge in [-0.05, 0) is 74.1 Å². The molecule has 0 saturated heterocycles. The smallest absolute Gasteiger partial charge is 0.254 e. The molecule has 3 N–H and O–H groups in total. The molecule has 3 aliphatic carbocycles. The van der Waals surface area contributed by atoms with Crippen LogP contribution in [0.1, 0.15) is 78.5 Å². The zero-order valence-corrected chi connectivity index (χ0v) is 21.7. The summed E-state index contributed by atoms with van der Waals surface area (Å²) in [5, 5.41) is 25.6. The maximum atomic E-state index is 15.0. The standard InChI is InChI=1S/C30H32FN3O4/c1-3-30(38)20-10-24-28-19(12-34(24)29(37)18(20)5-7-25(30)36)27-22(32-16-8-15(9-16)13-35)6-4-17-14(2)21(31)11-23(33-28)26(17)27/h10-11,15-16,22,32,35,38H,3-9,12-13H2,1-2H3/t15?,16?,22-,30-/m0/s1. The summed E-state index contributed by atoms with van der Waals surface area (Å²) >= 11 is 0. The van der Waals surface area contributed by atoms with Crippen LogP contribution in [0, 0.1) is 18.7 Å². The third-order valence-corrected chi connectivity index (χ3v) is 9.69. The number of pyridine rings is 2. The fourth-order valence-corrected chi connectivity index (χ4v) is 7.41. The molecule has 2 aromatic heterocycles. The molecule has 1 fully saturated rings. The fraction of sp³-hybridized carbons (Fsp3) is 0.500. The van der Waals surface area contributed by atoms with E-state index < -0.39 is 5.60 Å². The largest absolute Gasteiger partial charge is 0.396 e. The lowest BCUT2D eigenvalue weighted by molar-refractivity contribution is -0.140. The van der Waals surface area contributed by atoms with E-state index in [1.165, 1.54) is 6.07 Å². The van der Waals surface area contributed by atoms with Crippen LogP contribution < -0.4 is 10.9 Å². The van der Waals surface area contributed by atoms with Crippen LogP contribution >= 0.6 is 0 Å². The maximum Gasteiger partial charge on any atom is 0.254 e. The molecule has 8 heteroatoms. The highest BCUT2D eigenvalue weighted by molar-refractivity contribution is 5.94. The van der Waals surface area contributed by atoms with Gasteiger partial charge in [0.05, 0.1) is 23.4 Å². The molecule has 0 radical (unpaired) electrons. The first-order valence-electron chi connectivity index (χ1n) is 13.8. The van der Waals surface area contributed by atoms with Gasteiger partial charge in [0.25, 0.3) is 5.56 Å². The van der Waals surface area contributed by atoms with Gasteiger partial charge in [0.1, 0.15) is 11.4 Å². The Morgan fingerprint density at radius 3 is 2.68 bits per heavy atom. The van der Waals surface area contributed by atoms with E-state index in [2.05, 4.69) is 5.32 Å². The number of benzene rings is 1. The molecule has 1 saturated carbocycles. The Bertz CT molecular complexity index is 1610. The van der Waals surface area contributed by atoms with E-state index >= 15 is 4.39 Å². The minimum absolute atomic E-state index is 0.0324. The summed E-state index contributed by atoms with van der Waals surface area (Å²) in [5.74, 6) is -0.212. The molecular weight excluding hydrogens is 485 g/mol. The highest BCUT2D eigenvalue weighted by Crippen LogP contribution is 2.46. The lowest BCUT2D eigenvalue weighted by Crippen LogP contribution is -2.45. The van der Waals surface area contributed by atoms with E-state index in [0.717, 1.165) is 47.8 Å². The van der Waals surface area contributed by atoms with Crippen molar-refractivity contribution in [1.82, 2.24) is 14.9 Å². The average molecular weight is 518 g/mol. The number of ketones is 1. The highest BCUT2D eigenvalue weighted by Gasteiger charge is 2.44. The van der Waals surface area contributed by atoms with E-state index in [0.29, 0.717) is 58.5 Å². The Balaban J connectivity index is 1.45. The molecular formula is C30H32FN3O4. The Morgan fingerprint density at radius 1 is 1.16 bits per heavy atom. The van der Waals surface area contributed by atoms with Gasteiger partial charge < -0.3 is 20.1 Å². The first-order valence-corrected chi connectivity index (χ1v) is 13.8. The minimum atomic E-state index is -1.68. The zero-order valence-electron chi connectivity index (χ0n) is 21.7. The molecule has 198 valence electrons. The second-order valence-electron chi connectivity index (χ2n) is 11.6. The number of nitrogens with zero attached hydrogens (tertiary/aromatic N) is 2. The molecule has 1 aliphatic heterocycles. The summed E-state index contributed by atoms with van der Waals surface area (Å²) < 4.78 is 16.7. The number of rotatable bonds is 4. The van der Waals surface area contributed by atoms with Gasteiger partial charge in [-0.2, -0.15) is 0 Å². The third-order valence-electron chi connectivity index (χ3n) is 9.69. The third kappa shape index (κ3) is 3.14. The van der Waals surface area contributed by atoms with E-state index in [-0.39, 0.29) is 42.7 Å². The molecule has 3 aromatic rings.